The van der Waals surface area contributed by atoms with Crippen molar-refractivity contribution in [2.24, 2.45) is 0 Å². The summed E-state index contributed by atoms with van der Waals surface area (Å²) in [6.07, 6.45) is 2.66. The number of carbonyl (C=O) groups excluding carboxylic acids is 1. The molecule has 0 radical (unpaired) electrons. The van der Waals surface area contributed by atoms with Crippen LogP contribution in [0.15, 0.2) is 0 Å². The van der Waals surface area contributed by atoms with Crippen LogP contribution in [0.1, 0.15) is 40.0 Å². The highest BCUT2D eigenvalue weighted by molar-refractivity contribution is 5.70. The molecule has 80 valence electrons. The molecule has 0 N–H and O–H groups in total. The summed E-state index contributed by atoms with van der Waals surface area (Å²) in [6.45, 7) is 7.61. The fraction of sp³-hybridized carbons (Fsp3) is 0.900. The number of carbonyl (C=O) groups is 1. The predicted octanol–water partition coefficient (Wildman–Crippen LogP) is 2.39. The van der Waals surface area contributed by atoms with Crippen molar-refractivity contribution in [2.45, 2.75) is 40.0 Å². The molecule has 3 heteroatoms. The molecule has 1 heterocycles. The Morgan fingerprint density at radius 1 is 1.46 bits per heavy atom. The van der Waals surface area contributed by atoms with Gasteiger partial charge in [0.05, 0.1) is 6.61 Å². The van der Waals surface area contributed by atoms with E-state index in [1.54, 1.807) is 7.11 Å². The second-order valence-electron chi connectivity index (χ2n) is 2.32. The van der Waals surface area contributed by atoms with Gasteiger partial charge in [-0.25, -0.2) is 0 Å². The molecule has 0 aromatic rings. The van der Waals surface area contributed by atoms with Gasteiger partial charge in [-0.1, -0.05) is 20.8 Å². The van der Waals surface area contributed by atoms with Crippen LogP contribution in [0.5, 0.6) is 0 Å². The molecule has 0 amide bonds. The maximum absolute atomic E-state index is 10.0. The van der Waals surface area contributed by atoms with Crippen molar-refractivity contribution in [3.05, 3.63) is 0 Å². The Kier molecular flexibility index (Phi) is 16.1. The van der Waals surface area contributed by atoms with Crippen LogP contribution in [0.2, 0.25) is 0 Å². The van der Waals surface area contributed by atoms with Gasteiger partial charge in [0.1, 0.15) is 0 Å². The van der Waals surface area contributed by atoms with Gasteiger partial charge in [-0.05, 0) is 12.8 Å². The summed E-state index contributed by atoms with van der Waals surface area (Å²) >= 11 is 0. The molecule has 0 saturated carbocycles. The molecule has 13 heavy (non-hydrogen) atoms. The lowest BCUT2D eigenvalue weighted by Gasteiger charge is -1.84. The molecule has 1 aliphatic rings. The normalized spacial score (nSPS) is 13.4. The Balaban J connectivity index is 0. The minimum absolute atomic E-state index is 0.0463. The maximum Gasteiger partial charge on any atom is 0.305 e. The molecular formula is C10H22O3. The van der Waals surface area contributed by atoms with Crippen LogP contribution < -0.4 is 0 Å². The lowest BCUT2D eigenvalue weighted by molar-refractivity contribution is -0.137. The topological polar surface area (TPSA) is 35.5 Å². The van der Waals surface area contributed by atoms with Gasteiger partial charge in [0, 0.05) is 20.1 Å². The molecule has 0 aliphatic carbocycles. The average Bonchev–Trinajstić information content (AvgIpc) is 2.62. The third kappa shape index (κ3) is 14.3. The second kappa shape index (κ2) is 14.0. The fourth-order valence-corrected chi connectivity index (χ4v) is 0.679. The summed E-state index contributed by atoms with van der Waals surface area (Å²) in [6, 6.07) is 0. The molecule has 0 atom stereocenters. The molecule has 0 unspecified atom stereocenters. The van der Waals surface area contributed by atoms with E-state index in [1.165, 1.54) is 0 Å². The Hall–Kier alpha value is -0.570. The molecule has 0 spiro atoms. The molecule has 0 aromatic heterocycles. The Labute approximate surface area is 81.4 Å². The SMILES string of the molecule is CC.CCCOC.O=C1CCCO1. The van der Waals surface area contributed by atoms with E-state index in [2.05, 4.69) is 11.7 Å². The first-order chi connectivity index (χ1) is 6.31. The minimum Gasteiger partial charge on any atom is -0.466 e. The van der Waals surface area contributed by atoms with Crippen molar-refractivity contribution >= 4 is 5.97 Å². The molecule has 1 saturated heterocycles. The van der Waals surface area contributed by atoms with Crippen LogP contribution in [0.4, 0.5) is 0 Å². The maximum atomic E-state index is 10.0. The first-order valence-corrected chi connectivity index (χ1v) is 4.95. The van der Waals surface area contributed by atoms with Crippen molar-refractivity contribution < 1.29 is 14.3 Å². The smallest absolute Gasteiger partial charge is 0.305 e. The quantitative estimate of drug-likeness (QED) is 0.627. The van der Waals surface area contributed by atoms with E-state index in [-0.39, 0.29) is 5.97 Å². The molecule has 1 rings (SSSR count). The highest BCUT2D eigenvalue weighted by atomic mass is 16.5. The monoisotopic (exact) mass is 190 g/mol. The lowest BCUT2D eigenvalue weighted by atomic mass is 10.4. The zero-order chi connectivity index (χ0) is 10.5. The van der Waals surface area contributed by atoms with Crippen LogP contribution in [0.25, 0.3) is 0 Å². The van der Waals surface area contributed by atoms with Gasteiger partial charge in [0.2, 0.25) is 0 Å². The first kappa shape index (κ1) is 14.9. The van der Waals surface area contributed by atoms with E-state index in [1.807, 2.05) is 13.8 Å². The van der Waals surface area contributed by atoms with E-state index in [0.717, 1.165) is 19.4 Å². The number of rotatable bonds is 2. The van der Waals surface area contributed by atoms with Gasteiger partial charge in [0.15, 0.2) is 0 Å². The summed E-state index contributed by atoms with van der Waals surface area (Å²) in [5.41, 5.74) is 0. The molecule has 1 aliphatic heterocycles. The standard InChI is InChI=1S/C4H6O2.C4H10O.C2H6/c5-4-2-1-3-6-4;1-3-4-5-2;1-2/h1-3H2;3-4H2,1-2H3;1-2H3. The fourth-order valence-electron chi connectivity index (χ4n) is 0.679. The molecule has 3 nitrogen and oxygen atoms in total. The van der Waals surface area contributed by atoms with E-state index in [0.29, 0.717) is 13.0 Å². The van der Waals surface area contributed by atoms with Gasteiger partial charge in [-0.3, -0.25) is 4.79 Å². The molecule has 0 bridgehead atoms. The number of esters is 1. The van der Waals surface area contributed by atoms with Crippen molar-refractivity contribution in [1.82, 2.24) is 0 Å². The molecular weight excluding hydrogens is 168 g/mol. The van der Waals surface area contributed by atoms with Crippen molar-refractivity contribution in [3.63, 3.8) is 0 Å². The van der Waals surface area contributed by atoms with Gasteiger partial charge < -0.3 is 9.47 Å². The highest BCUT2D eigenvalue weighted by Crippen LogP contribution is 2.01. The van der Waals surface area contributed by atoms with Gasteiger partial charge in [-0.15, -0.1) is 0 Å². The number of hydrogen-bond donors (Lipinski definition) is 0. The summed E-state index contributed by atoms with van der Waals surface area (Å²) in [5, 5.41) is 0. The number of ether oxygens (including phenoxy) is 2. The van der Waals surface area contributed by atoms with E-state index < -0.39 is 0 Å². The van der Waals surface area contributed by atoms with E-state index in [4.69, 9.17) is 4.74 Å². The largest absolute Gasteiger partial charge is 0.466 e. The summed E-state index contributed by atoms with van der Waals surface area (Å²) in [5.74, 6) is -0.0463. The summed E-state index contributed by atoms with van der Waals surface area (Å²) in [4.78, 5) is 10.0. The van der Waals surface area contributed by atoms with Gasteiger partial charge >= 0.3 is 5.97 Å². The Morgan fingerprint density at radius 3 is 2.15 bits per heavy atom. The summed E-state index contributed by atoms with van der Waals surface area (Å²) in [7, 11) is 1.71. The molecule has 0 aromatic carbocycles. The Bertz CT molecular complexity index is 92.3. The second-order valence-corrected chi connectivity index (χ2v) is 2.32. The summed E-state index contributed by atoms with van der Waals surface area (Å²) < 4.78 is 9.20. The van der Waals surface area contributed by atoms with Crippen LogP contribution in [0, 0.1) is 0 Å². The molecule has 1 fully saturated rings. The number of hydrogen-bond acceptors (Lipinski definition) is 3. The van der Waals surface area contributed by atoms with Crippen LogP contribution in [-0.4, -0.2) is 26.3 Å². The van der Waals surface area contributed by atoms with Crippen molar-refractivity contribution in [3.8, 4) is 0 Å². The van der Waals surface area contributed by atoms with Crippen molar-refractivity contribution in [2.75, 3.05) is 20.3 Å². The van der Waals surface area contributed by atoms with Gasteiger partial charge in [0.25, 0.3) is 0 Å². The van der Waals surface area contributed by atoms with E-state index in [9.17, 15) is 4.79 Å². The lowest BCUT2D eigenvalue weighted by Crippen LogP contribution is -1.88. The zero-order valence-electron chi connectivity index (χ0n) is 9.26. The first-order valence-electron chi connectivity index (χ1n) is 4.95. The van der Waals surface area contributed by atoms with Gasteiger partial charge in [-0.2, -0.15) is 0 Å². The Morgan fingerprint density at radius 2 is 2.08 bits per heavy atom. The van der Waals surface area contributed by atoms with Crippen molar-refractivity contribution in [1.29, 1.82) is 0 Å². The predicted molar refractivity (Wildman–Crippen MR) is 53.7 cm³/mol. The third-order valence-electron chi connectivity index (χ3n) is 1.20. The van der Waals surface area contributed by atoms with Crippen LogP contribution in [0.3, 0.4) is 0 Å². The van der Waals surface area contributed by atoms with Crippen LogP contribution in [-0.2, 0) is 14.3 Å². The minimum atomic E-state index is -0.0463. The average molecular weight is 190 g/mol. The third-order valence-corrected chi connectivity index (χ3v) is 1.20. The number of cyclic esters (lactones) is 1. The number of methoxy groups -OCH3 is 1. The highest BCUT2D eigenvalue weighted by Gasteiger charge is 2.08. The van der Waals surface area contributed by atoms with Crippen LogP contribution >= 0.6 is 0 Å². The van der Waals surface area contributed by atoms with E-state index >= 15 is 0 Å². The zero-order valence-corrected chi connectivity index (χ0v) is 9.26.